The third-order valence-electron chi connectivity index (χ3n) is 3.95. The summed E-state index contributed by atoms with van der Waals surface area (Å²) in [6, 6.07) is 0. The number of carboxylic acid groups (broad SMARTS) is 1. The van der Waals surface area contributed by atoms with Gasteiger partial charge in [-0.2, -0.15) is 0 Å². The van der Waals surface area contributed by atoms with Crippen molar-refractivity contribution in [2.75, 3.05) is 27.7 Å². The van der Waals surface area contributed by atoms with Crippen LogP contribution in [-0.4, -0.2) is 60.0 Å². The molecule has 0 bridgehead atoms. The normalized spacial score (nSPS) is 18.7. The van der Waals surface area contributed by atoms with E-state index in [1.165, 1.54) is 0 Å². The maximum Gasteiger partial charge on any atom is 0.305 e. The van der Waals surface area contributed by atoms with Crippen molar-refractivity contribution in [2.45, 2.75) is 44.1 Å². The predicted molar refractivity (Wildman–Crippen MR) is 69.4 cm³/mol. The highest BCUT2D eigenvalue weighted by molar-refractivity contribution is 5.78. The van der Waals surface area contributed by atoms with Gasteiger partial charge >= 0.3 is 5.97 Å². The third-order valence-corrected chi connectivity index (χ3v) is 3.95. The molecule has 1 fully saturated rings. The van der Waals surface area contributed by atoms with Gasteiger partial charge in [0.25, 0.3) is 0 Å². The van der Waals surface area contributed by atoms with Crippen molar-refractivity contribution in [3.8, 4) is 0 Å². The highest BCUT2D eigenvalue weighted by atomic mass is 16.4. The summed E-state index contributed by atoms with van der Waals surface area (Å²) in [6.07, 6.45) is 5.13. The first kappa shape index (κ1) is 15.0. The second kappa shape index (κ2) is 6.18. The van der Waals surface area contributed by atoms with Crippen LogP contribution in [0.2, 0.25) is 0 Å². The van der Waals surface area contributed by atoms with Crippen LogP contribution in [0.15, 0.2) is 0 Å². The van der Waals surface area contributed by atoms with Gasteiger partial charge in [-0.25, -0.2) is 0 Å². The van der Waals surface area contributed by atoms with Crippen LogP contribution in [0, 0.1) is 0 Å². The van der Waals surface area contributed by atoms with E-state index >= 15 is 0 Å². The molecule has 1 aliphatic rings. The van der Waals surface area contributed by atoms with E-state index in [0.29, 0.717) is 6.54 Å². The average molecular weight is 256 g/mol. The first-order chi connectivity index (χ1) is 8.37. The van der Waals surface area contributed by atoms with Crippen LogP contribution >= 0.6 is 0 Å². The lowest BCUT2D eigenvalue weighted by Gasteiger charge is -2.43. The van der Waals surface area contributed by atoms with Gasteiger partial charge in [0.05, 0.1) is 13.0 Å². The monoisotopic (exact) mass is 256 g/mol. The standard InChI is InChI=1S/C13H24N2O3/c1-14(2)11(16)10-15(3)13(9-12(17)18)7-5-4-6-8-13/h4-10H2,1-3H3,(H,17,18). The Bertz CT molecular complexity index is 309. The summed E-state index contributed by atoms with van der Waals surface area (Å²) in [5.74, 6) is -0.756. The molecule has 0 unspecified atom stereocenters. The van der Waals surface area contributed by atoms with Crippen LogP contribution in [0.25, 0.3) is 0 Å². The number of likely N-dealkylation sites (N-methyl/N-ethyl adjacent to an activating group) is 2. The molecule has 0 aliphatic heterocycles. The van der Waals surface area contributed by atoms with Gasteiger partial charge in [0.1, 0.15) is 0 Å². The molecule has 1 amide bonds. The lowest BCUT2D eigenvalue weighted by molar-refractivity contribution is -0.143. The zero-order chi connectivity index (χ0) is 13.8. The smallest absolute Gasteiger partial charge is 0.305 e. The fourth-order valence-electron chi connectivity index (χ4n) is 2.70. The number of hydrogen-bond acceptors (Lipinski definition) is 3. The van der Waals surface area contributed by atoms with E-state index < -0.39 is 5.97 Å². The summed E-state index contributed by atoms with van der Waals surface area (Å²) in [5, 5.41) is 9.10. The molecule has 5 heteroatoms. The number of aliphatic carboxylic acids is 1. The molecule has 1 aliphatic carbocycles. The number of carboxylic acids is 1. The van der Waals surface area contributed by atoms with E-state index in [1.807, 2.05) is 11.9 Å². The molecule has 0 radical (unpaired) electrons. The summed E-state index contributed by atoms with van der Waals surface area (Å²) in [6.45, 7) is 0.292. The van der Waals surface area contributed by atoms with Crippen LogP contribution in [0.3, 0.4) is 0 Å². The fourth-order valence-corrected chi connectivity index (χ4v) is 2.70. The Morgan fingerprint density at radius 1 is 1.11 bits per heavy atom. The molecule has 1 N–H and O–H groups in total. The Morgan fingerprint density at radius 3 is 2.11 bits per heavy atom. The first-order valence-corrected chi connectivity index (χ1v) is 6.50. The first-order valence-electron chi connectivity index (χ1n) is 6.50. The lowest BCUT2D eigenvalue weighted by Crippen LogP contribution is -2.52. The van der Waals surface area contributed by atoms with Gasteiger partial charge in [0, 0.05) is 19.6 Å². The Hall–Kier alpha value is -1.10. The topological polar surface area (TPSA) is 60.9 Å². The number of rotatable bonds is 5. The zero-order valence-corrected chi connectivity index (χ0v) is 11.6. The van der Waals surface area contributed by atoms with Crippen molar-refractivity contribution in [2.24, 2.45) is 0 Å². The predicted octanol–water partition coefficient (Wildman–Crippen LogP) is 1.18. The van der Waals surface area contributed by atoms with E-state index in [0.717, 1.165) is 32.1 Å². The van der Waals surface area contributed by atoms with Crippen molar-refractivity contribution in [1.82, 2.24) is 9.80 Å². The van der Waals surface area contributed by atoms with Crippen molar-refractivity contribution >= 4 is 11.9 Å². The Labute approximate surface area is 109 Å². The molecule has 0 spiro atoms. The van der Waals surface area contributed by atoms with E-state index in [4.69, 9.17) is 5.11 Å². The molecular weight excluding hydrogens is 232 g/mol. The van der Waals surface area contributed by atoms with Crippen LogP contribution in [0.4, 0.5) is 0 Å². The van der Waals surface area contributed by atoms with Crippen LogP contribution in [0.5, 0.6) is 0 Å². The zero-order valence-electron chi connectivity index (χ0n) is 11.6. The quantitative estimate of drug-likeness (QED) is 0.802. The van der Waals surface area contributed by atoms with Gasteiger partial charge in [0.15, 0.2) is 0 Å². The second-order valence-corrected chi connectivity index (χ2v) is 5.50. The maximum absolute atomic E-state index is 11.8. The Kier molecular flexibility index (Phi) is 5.14. The molecular formula is C13H24N2O3. The molecule has 0 aromatic rings. The second-order valence-electron chi connectivity index (χ2n) is 5.50. The summed E-state index contributed by atoms with van der Waals surface area (Å²) in [5.41, 5.74) is -0.338. The van der Waals surface area contributed by atoms with Gasteiger partial charge in [0.2, 0.25) is 5.91 Å². The molecule has 0 atom stereocenters. The van der Waals surface area contributed by atoms with Crippen LogP contribution in [-0.2, 0) is 9.59 Å². The third kappa shape index (κ3) is 3.70. The summed E-state index contributed by atoms with van der Waals surface area (Å²) >= 11 is 0. The Morgan fingerprint density at radius 2 is 1.67 bits per heavy atom. The molecule has 18 heavy (non-hydrogen) atoms. The molecule has 1 saturated carbocycles. The summed E-state index contributed by atoms with van der Waals surface area (Å²) in [7, 11) is 5.32. The van der Waals surface area contributed by atoms with E-state index in [-0.39, 0.29) is 17.9 Å². The molecule has 5 nitrogen and oxygen atoms in total. The number of carbonyl (C=O) groups is 2. The Balaban J connectivity index is 2.75. The van der Waals surface area contributed by atoms with E-state index in [1.54, 1.807) is 19.0 Å². The van der Waals surface area contributed by atoms with E-state index in [9.17, 15) is 9.59 Å². The molecule has 0 aromatic carbocycles. The van der Waals surface area contributed by atoms with Crippen molar-refractivity contribution < 1.29 is 14.7 Å². The van der Waals surface area contributed by atoms with Crippen molar-refractivity contribution in [3.05, 3.63) is 0 Å². The number of carbonyl (C=O) groups excluding carboxylic acids is 1. The van der Waals surface area contributed by atoms with Crippen LogP contribution in [0.1, 0.15) is 38.5 Å². The SMILES string of the molecule is CN(C)C(=O)CN(C)C1(CC(=O)O)CCCCC1. The van der Waals surface area contributed by atoms with Gasteiger partial charge in [-0.05, 0) is 19.9 Å². The molecule has 0 aromatic heterocycles. The lowest BCUT2D eigenvalue weighted by atomic mass is 9.78. The van der Waals surface area contributed by atoms with Gasteiger partial charge in [-0.3, -0.25) is 14.5 Å². The molecule has 0 heterocycles. The van der Waals surface area contributed by atoms with Gasteiger partial charge < -0.3 is 10.0 Å². The van der Waals surface area contributed by atoms with E-state index in [2.05, 4.69) is 0 Å². The van der Waals surface area contributed by atoms with Gasteiger partial charge in [-0.15, -0.1) is 0 Å². The van der Waals surface area contributed by atoms with Crippen molar-refractivity contribution in [3.63, 3.8) is 0 Å². The van der Waals surface area contributed by atoms with Crippen LogP contribution < -0.4 is 0 Å². The minimum absolute atomic E-state index is 0.0211. The number of hydrogen-bond donors (Lipinski definition) is 1. The molecule has 0 saturated heterocycles. The summed E-state index contributed by atoms with van der Waals surface area (Å²) < 4.78 is 0. The minimum Gasteiger partial charge on any atom is -0.481 e. The molecule has 1 rings (SSSR count). The maximum atomic E-state index is 11.8. The number of nitrogens with zero attached hydrogens (tertiary/aromatic N) is 2. The highest BCUT2D eigenvalue weighted by Crippen LogP contribution is 2.35. The highest BCUT2D eigenvalue weighted by Gasteiger charge is 2.38. The average Bonchev–Trinajstić information content (AvgIpc) is 2.28. The van der Waals surface area contributed by atoms with Gasteiger partial charge in [-0.1, -0.05) is 19.3 Å². The van der Waals surface area contributed by atoms with Crippen molar-refractivity contribution in [1.29, 1.82) is 0 Å². The number of amides is 1. The largest absolute Gasteiger partial charge is 0.481 e. The summed E-state index contributed by atoms with van der Waals surface area (Å²) in [4.78, 5) is 26.3. The fraction of sp³-hybridized carbons (Fsp3) is 0.846. The minimum atomic E-state index is -0.777. The molecule has 104 valence electrons.